The largest absolute Gasteiger partial charge is 0.483 e. The molecule has 0 N–H and O–H groups in total. The average molecular weight is 277 g/mol. The van der Waals surface area contributed by atoms with Crippen LogP contribution in [-0.2, 0) is 6.54 Å². The summed E-state index contributed by atoms with van der Waals surface area (Å²) in [6, 6.07) is 8.27. The number of benzene rings is 1. The smallest absolute Gasteiger partial charge is 0.144 e. The number of aromatic nitrogens is 3. The summed E-state index contributed by atoms with van der Waals surface area (Å²) in [6.07, 6.45) is 6.35. The maximum Gasteiger partial charge on any atom is 0.144 e. The second kappa shape index (κ2) is 3.64. The highest BCUT2D eigenvalue weighted by molar-refractivity contribution is 5.98. The summed E-state index contributed by atoms with van der Waals surface area (Å²) in [5, 5.41) is 1.21. The molecule has 4 nitrogen and oxygen atoms in total. The van der Waals surface area contributed by atoms with Crippen LogP contribution in [0.1, 0.15) is 18.7 Å². The second-order valence-corrected chi connectivity index (χ2v) is 6.10. The van der Waals surface area contributed by atoms with Gasteiger partial charge in [-0.05, 0) is 31.9 Å². The molecule has 5 rings (SSSR count). The number of ether oxygens (including phenoxy) is 1. The van der Waals surface area contributed by atoms with Crippen LogP contribution in [0.25, 0.3) is 22.2 Å². The van der Waals surface area contributed by atoms with Crippen LogP contribution in [-0.4, -0.2) is 20.1 Å². The third kappa shape index (κ3) is 1.56. The Morgan fingerprint density at radius 2 is 2.14 bits per heavy atom. The highest BCUT2D eigenvalue weighted by Gasteiger charge is 2.48. The molecular weight excluding hydrogens is 262 g/mol. The minimum absolute atomic E-state index is 0.0547. The monoisotopic (exact) mass is 277 g/mol. The van der Waals surface area contributed by atoms with E-state index in [9.17, 15) is 0 Å². The van der Waals surface area contributed by atoms with Gasteiger partial charge in [0.25, 0.3) is 0 Å². The fraction of sp³-hybridized carbons (Fsp3) is 0.294. The molecule has 3 heterocycles. The van der Waals surface area contributed by atoms with Gasteiger partial charge in [0.05, 0.1) is 17.8 Å². The molecule has 1 aromatic carbocycles. The van der Waals surface area contributed by atoms with Crippen molar-refractivity contribution in [3.05, 3.63) is 42.5 Å². The van der Waals surface area contributed by atoms with E-state index in [0.717, 1.165) is 36.7 Å². The highest BCUT2D eigenvalue weighted by atomic mass is 16.5. The first-order chi connectivity index (χ1) is 10.2. The van der Waals surface area contributed by atoms with Gasteiger partial charge in [0.2, 0.25) is 0 Å². The number of rotatable bonds is 1. The van der Waals surface area contributed by atoms with Crippen LogP contribution in [0.5, 0.6) is 5.75 Å². The van der Waals surface area contributed by atoms with E-state index in [0.29, 0.717) is 0 Å². The molecule has 21 heavy (non-hydrogen) atoms. The summed E-state index contributed by atoms with van der Waals surface area (Å²) < 4.78 is 8.56. The third-order valence-electron chi connectivity index (χ3n) is 4.51. The predicted octanol–water partition coefficient (Wildman–Crippen LogP) is 3.33. The van der Waals surface area contributed by atoms with Gasteiger partial charge in [-0.1, -0.05) is 12.1 Å². The molecule has 0 saturated heterocycles. The zero-order chi connectivity index (χ0) is 14.0. The van der Waals surface area contributed by atoms with Crippen LogP contribution >= 0.6 is 0 Å². The van der Waals surface area contributed by atoms with Crippen molar-refractivity contribution in [1.82, 2.24) is 14.5 Å². The number of para-hydroxylation sites is 1. The normalized spacial score (nSPS) is 18.0. The molecule has 2 aromatic heterocycles. The van der Waals surface area contributed by atoms with E-state index in [-0.39, 0.29) is 5.60 Å². The number of hydrogen-bond donors (Lipinski definition) is 0. The lowest BCUT2D eigenvalue weighted by atomic mass is 10.1. The molecule has 0 amide bonds. The summed E-state index contributed by atoms with van der Waals surface area (Å²) in [6.45, 7) is 2.87. The van der Waals surface area contributed by atoms with Crippen LogP contribution < -0.4 is 4.74 Å². The van der Waals surface area contributed by atoms with E-state index in [2.05, 4.69) is 38.9 Å². The van der Waals surface area contributed by atoms with E-state index in [1.165, 1.54) is 16.5 Å². The van der Waals surface area contributed by atoms with Crippen LogP contribution in [0.2, 0.25) is 0 Å². The quantitative estimate of drug-likeness (QED) is 0.685. The van der Waals surface area contributed by atoms with E-state index in [4.69, 9.17) is 4.74 Å². The van der Waals surface area contributed by atoms with E-state index in [1.54, 1.807) is 0 Å². The Kier molecular flexibility index (Phi) is 1.96. The van der Waals surface area contributed by atoms with Crippen molar-refractivity contribution in [2.24, 2.45) is 0 Å². The standard InChI is InChI=1S/C17H15N3O/c1-11-18-8-5-14(19-11)13-9-20-10-17(6-7-17)21-15-4-2-3-12(13)16(15)20/h2-5,8-9H,6-7,10H2,1H3. The summed E-state index contributed by atoms with van der Waals surface area (Å²) >= 11 is 0. The summed E-state index contributed by atoms with van der Waals surface area (Å²) in [5.74, 6) is 1.81. The molecule has 2 aliphatic rings. The van der Waals surface area contributed by atoms with Gasteiger partial charge in [0.15, 0.2) is 0 Å². The summed E-state index contributed by atoms with van der Waals surface area (Å²) in [7, 11) is 0. The zero-order valence-corrected chi connectivity index (χ0v) is 11.8. The van der Waals surface area contributed by atoms with Crippen molar-refractivity contribution in [2.45, 2.75) is 31.9 Å². The molecule has 1 spiro atoms. The lowest BCUT2D eigenvalue weighted by Crippen LogP contribution is -2.28. The van der Waals surface area contributed by atoms with E-state index < -0.39 is 0 Å². The van der Waals surface area contributed by atoms with Crippen molar-refractivity contribution in [3.63, 3.8) is 0 Å². The van der Waals surface area contributed by atoms with Crippen molar-refractivity contribution in [2.75, 3.05) is 0 Å². The van der Waals surface area contributed by atoms with Gasteiger partial charge >= 0.3 is 0 Å². The molecule has 0 bridgehead atoms. The molecule has 3 aromatic rings. The fourth-order valence-corrected chi connectivity index (χ4v) is 3.32. The van der Waals surface area contributed by atoms with Crippen molar-refractivity contribution >= 4 is 10.9 Å². The molecule has 1 saturated carbocycles. The van der Waals surface area contributed by atoms with Crippen LogP contribution in [0.15, 0.2) is 36.7 Å². The Hall–Kier alpha value is -2.36. The predicted molar refractivity (Wildman–Crippen MR) is 80.3 cm³/mol. The number of nitrogens with zero attached hydrogens (tertiary/aromatic N) is 3. The van der Waals surface area contributed by atoms with Crippen LogP contribution in [0, 0.1) is 6.92 Å². The molecule has 1 fully saturated rings. The molecule has 0 atom stereocenters. The van der Waals surface area contributed by atoms with Crippen molar-refractivity contribution in [3.8, 4) is 17.0 Å². The fourth-order valence-electron chi connectivity index (χ4n) is 3.32. The van der Waals surface area contributed by atoms with Crippen molar-refractivity contribution in [1.29, 1.82) is 0 Å². The van der Waals surface area contributed by atoms with Gasteiger partial charge < -0.3 is 9.30 Å². The molecule has 0 radical (unpaired) electrons. The maximum absolute atomic E-state index is 6.22. The van der Waals surface area contributed by atoms with Gasteiger partial charge in [0.1, 0.15) is 17.2 Å². The van der Waals surface area contributed by atoms with Gasteiger partial charge in [0, 0.05) is 23.3 Å². The maximum atomic E-state index is 6.22. The lowest BCUT2D eigenvalue weighted by Gasteiger charge is -2.25. The zero-order valence-electron chi connectivity index (χ0n) is 11.8. The number of hydrogen-bond acceptors (Lipinski definition) is 3. The molecule has 1 aliphatic heterocycles. The average Bonchev–Trinajstić information content (AvgIpc) is 3.11. The Labute approximate surface area is 122 Å². The van der Waals surface area contributed by atoms with Crippen LogP contribution in [0.4, 0.5) is 0 Å². The summed E-state index contributed by atoms with van der Waals surface area (Å²) in [5.41, 5.74) is 3.40. The van der Waals surface area contributed by atoms with Gasteiger partial charge in [-0.25, -0.2) is 9.97 Å². The molecule has 4 heteroatoms. The third-order valence-corrected chi connectivity index (χ3v) is 4.51. The Balaban J connectivity index is 1.79. The first kappa shape index (κ1) is 11.3. The second-order valence-electron chi connectivity index (χ2n) is 6.10. The van der Waals surface area contributed by atoms with E-state index >= 15 is 0 Å². The summed E-state index contributed by atoms with van der Waals surface area (Å²) in [4.78, 5) is 8.77. The topological polar surface area (TPSA) is 39.9 Å². The highest BCUT2D eigenvalue weighted by Crippen LogP contribution is 2.48. The first-order valence-electron chi connectivity index (χ1n) is 7.35. The molecule has 104 valence electrons. The van der Waals surface area contributed by atoms with Crippen LogP contribution in [0.3, 0.4) is 0 Å². The Morgan fingerprint density at radius 1 is 1.24 bits per heavy atom. The molecule has 0 unspecified atom stereocenters. The SMILES string of the molecule is Cc1nccc(-c2cn3c4c(cccc24)OC2(CC2)C3)n1. The lowest BCUT2D eigenvalue weighted by molar-refractivity contribution is 0.148. The van der Waals surface area contributed by atoms with Gasteiger partial charge in [-0.3, -0.25) is 0 Å². The Bertz CT molecular complexity index is 877. The van der Waals surface area contributed by atoms with E-state index in [1.807, 2.05) is 19.2 Å². The van der Waals surface area contributed by atoms with Gasteiger partial charge in [-0.2, -0.15) is 0 Å². The number of aryl methyl sites for hydroxylation is 1. The van der Waals surface area contributed by atoms with Crippen molar-refractivity contribution < 1.29 is 4.74 Å². The molecular formula is C17H15N3O. The Morgan fingerprint density at radius 3 is 2.95 bits per heavy atom. The minimum atomic E-state index is 0.0547. The minimum Gasteiger partial charge on any atom is -0.483 e. The first-order valence-corrected chi connectivity index (χ1v) is 7.35. The molecule has 1 aliphatic carbocycles. The van der Waals surface area contributed by atoms with Gasteiger partial charge in [-0.15, -0.1) is 0 Å².